The van der Waals surface area contributed by atoms with Gasteiger partial charge in [-0.15, -0.1) is 0 Å². The molecule has 2 N–H and O–H groups in total. The molecular formula is C14H14ClNO3S. The van der Waals surface area contributed by atoms with Crippen LogP contribution in [0.25, 0.3) is 0 Å². The summed E-state index contributed by atoms with van der Waals surface area (Å²) in [6.45, 7) is 0. The zero-order valence-electron chi connectivity index (χ0n) is 10.8. The molecule has 0 heterocycles. The highest BCUT2D eigenvalue weighted by Crippen LogP contribution is 2.25. The second-order valence-electron chi connectivity index (χ2n) is 4.29. The van der Waals surface area contributed by atoms with E-state index in [1.807, 2.05) is 0 Å². The van der Waals surface area contributed by atoms with Gasteiger partial charge in [0.15, 0.2) is 9.84 Å². The molecule has 106 valence electrons. The zero-order chi connectivity index (χ0) is 14.8. The molecule has 0 atom stereocenters. The Morgan fingerprint density at radius 1 is 1.20 bits per heavy atom. The monoisotopic (exact) mass is 311 g/mol. The van der Waals surface area contributed by atoms with Crippen molar-refractivity contribution >= 4 is 27.1 Å². The Kier molecular flexibility index (Phi) is 4.20. The first-order valence-corrected chi connectivity index (χ1v) is 7.86. The molecule has 4 nitrogen and oxygen atoms in total. The minimum Gasteiger partial charge on any atom is -0.495 e. The predicted molar refractivity (Wildman–Crippen MR) is 79.7 cm³/mol. The Balaban J connectivity index is 2.31. The fourth-order valence-corrected chi connectivity index (χ4v) is 3.47. The van der Waals surface area contributed by atoms with E-state index >= 15 is 0 Å². The van der Waals surface area contributed by atoms with Gasteiger partial charge in [-0.25, -0.2) is 8.42 Å². The van der Waals surface area contributed by atoms with Gasteiger partial charge in [0, 0.05) is 5.02 Å². The summed E-state index contributed by atoms with van der Waals surface area (Å²) in [5, 5.41) is 0.389. The number of hydrogen-bond donors (Lipinski definition) is 1. The Morgan fingerprint density at radius 3 is 2.55 bits per heavy atom. The topological polar surface area (TPSA) is 69.4 Å². The number of benzene rings is 2. The molecule has 0 radical (unpaired) electrons. The summed E-state index contributed by atoms with van der Waals surface area (Å²) >= 11 is 5.82. The smallest absolute Gasteiger partial charge is 0.182 e. The maximum atomic E-state index is 12.3. The Morgan fingerprint density at radius 2 is 1.95 bits per heavy atom. The van der Waals surface area contributed by atoms with E-state index in [2.05, 4.69) is 0 Å². The largest absolute Gasteiger partial charge is 0.495 e. The van der Waals surface area contributed by atoms with Gasteiger partial charge in [-0.3, -0.25) is 0 Å². The van der Waals surface area contributed by atoms with Gasteiger partial charge in [0.25, 0.3) is 0 Å². The first-order valence-electron chi connectivity index (χ1n) is 5.83. The van der Waals surface area contributed by atoms with Gasteiger partial charge in [-0.05, 0) is 35.9 Å². The number of nitrogens with two attached hydrogens (primary N) is 1. The Labute approximate surface area is 123 Å². The second kappa shape index (κ2) is 5.73. The van der Waals surface area contributed by atoms with E-state index < -0.39 is 9.84 Å². The van der Waals surface area contributed by atoms with Crippen LogP contribution in [0.4, 0.5) is 5.69 Å². The van der Waals surface area contributed by atoms with Gasteiger partial charge < -0.3 is 10.5 Å². The lowest BCUT2D eigenvalue weighted by Crippen LogP contribution is -2.05. The molecule has 2 aromatic rings. The first kappa shape index (κ1) is 14.7. The molecule has 0 aliphatic heterocycles. The molecule has 20 heavy (non-hydrogen) atoms. The van der Waals surface area contributed by atoms with Crippen molar-refractivity contribution in [1.82, 2.24) is 0 Å². The number of methoxy groups -OCH3 is 1. The molecule has 0 saturated carbocycles. The summed E-state index contributed by atoms with van der Waals surface area (Å²) in [5.41, 5.74) is 6.78. The van der Waals surface area contributed by atoms with Crippen LogP contribution in [0.2, 0.25) is 5.02 Å². The summed E-state index contributed by atoms with van der Waals surface area (Å²) in [6, 6.07) is 11.1. The van der Waals surface area contributed by atoms with Gasteiger partial charge in [0.2, 0.25) is 0 Å². The van der Waals surface area contributed by atoms with Gasteiger partial charge in [-0.2, -0.15) is 0 Å². The number of ether oxygens (including phenoxy) is 1. The normalized spacial score (nSPS) is 11.3. The fourth-order valence-electron chi connectivity index (χ4n) is 1.84. The zero-order valence-corrected chi connectivity index (χ0v) is 12.4. The highest BCUT2D eigenvalue weighted by atomic mass is 35.5. The van der Waals surface area contributed by atoms with E-state index in [0.29, 0.717) is 22.0 Å². The maximum Gasteiger partial charge on any atom is 0.182 e. The van der Waals surface area contributed by atoms with Crippen LogP contribution in [0, 0.1) is 0 Å². The number of halogens is 1. The Bertz CT molecular complexity index is 729. The van der Waals surface area contributed by atoms with Gasteiger partial charge in [0.1, 0.15) is 5.75 Å². The van der Waals surface area contributed by atoms with Crippen LogP contribution in [0.3, 0.4) is 0 Å². The van der Waals surface area contributed by atoms with Crippen molar-refractivity contribution in [3.63, 3.8) is 0 Å². The van der Waals surface area contributed by atoms with Crippen LogP contribution in [0.5, 0.6) is 5.75 Å². The highest BCUT2D eigenvalue weighted by Gasteiger charge is 2.16. The van der Waals surface area contributed by atoms with Crippen LogP contribution in [-0.2, 0) is 15.6 Å². The van der Waals surface area contributed by atoms with Crippen LogP contribution >= 0.6 is 11.6 Å². The number of nitrogen functional groups attached to an aromatic ring is 1. The molecule has 0 aromatic heterocycles. The Hall–Kier alpha value is -1.72. The van der Waals surface area contributed by atoms with E-state index in [4.69, 9.17) is 22.1 Å². The second-order valence-corrected chi connectivity index (χ2v) is 6.72. The summed E-state index contributed by atoms with van der Waals surface area (Å²) < 4.78 is 29.6. The molecule has 0 aliphatic carbocycles. The van der Waals surface area contributed by atoms with Gasteiger partial charge >= 0.3 is 0 Å². The highest BCUT2D eigenvalue weighted by molar-refractivity contribution is 7.90. The van der Waals surface area contributed by atoms with Crippen LogP contribution in [0.15, 0.2) is 47.4 Å². The van der Waals surface area contributed by atoms with Crippen LogP contribution in [0.1, 0.15) is 5.56 Å². The van der Waals surface area contributed by atoms with Crippen molar-refractivity contribution in [3.8, 4) is 5.75 Å². The maximum absolute atomic E-state index is 12.3. The lowest BCUT2D eigenvalue weighted by atomic mass is 10.2. The van der Waals surface area contributed by atoms with E-state index in [0.717, 1.165) is 0 Å². The molecular weight excluding hydrogens is 298 g/mol. The van der Waals surface area contributed by atoms with E-state index in [9.17, 15) is 8.42 Å². The van der Waals surface area contributed by atoms with E-state index in [-0.39, 0.29) is 10.6 Å². The van der Waals surface area contributed by atoms with E-state index in [1.54, 1.807) is 30.3 Å². The minimum atomic E-state index is -3.45. The summed E-state index contributed by atoms with van der Waals surface area (Å²) in [5.74, 6) is 0.385. The van der Waals surface area contributed by atoms with Gasteiger partial charge in [-0.1, -0.05) is 23.7 Å². The third-order valence-corrected chi connectivity index (χ3v) is 4.73. The van der Waals surface area contributed by atoms with E-state index in [1.165, 1.54) is 19.2 Å². The molecule has 0 unspecified atom stereocenters. The molecule has 0 fully saturated rings. The van der Waals surface area contributed by atoms with Crippen LogP contribution < -0.4 is 10.5 Å². The van der Waals surface area contributed by atoms with Crippen molar-refractivity contribution in [1.29, 1.82) is 0 Å². The SMILES string of the molecule is COc1ccc(CS(=O)(=O)c2cccc(Cl)c2)cc1N. The lowest BCUT2D eigenvalue weighted by Gasteiger charge is -2.08. The molecule has 6 heteroatoms. The number of hydrogen-bond acceptors (Lipinski definition) is 4. The summed E-state index contributed by atoms with van der Waals surface area (Å²) in [6.07, 6.45) is 0. The van der Waals surface area contributed by atoms with Gasteiger partial charge in [0.05, 0.1) is 23.4 Å². The number of anilines is 1. The first-order chi connectivity index (χ1) is 9.42. The van der Waals surface area contributed by atoms with Crippen molar-refractivity contribution in [2.75, 3.05) is 12.8 Å². The molecule has 2 aromatic carbocycles. The fraction of sp³-hybridized carbons (Fsp3) is 0.143. The molecule has 0 amide bonds. The van der Waals surface area contributed by atoms with Crippen molar-refractivity contribution in [2.45, 2.75) is 10.6 Å². The molecule has 0 spiro atoms. The van der Waals surface area contributed by atoms with Crippen LogP contribution in [-0.4, -0.2) is 15.5 Å². The predicted octanol–water partition coefficient (Wildman–Crippen LogP) is 2.90. The summed E-state index contributed by atoms with van der Waals surface area (Å²) in [4.78, 5) is 0.194. The molecule has 2 rings (SSSR count). The third kappa shape index (κ3) is 3.23. The summed E-state index contributed by atoms with van der Waals surface area (Å²) in [7, 11) is -1.94. The quantitative estimate of drug-likeness (QED) is 0.881. The third-order valence-electron chi connectivity index (χ3n) is 2.81. The average molecular weight is 312 g/mol. The number of rotatable bonds is 4. The van der Waals surface area contributed by atoms with Crippen molar-refractivity contribution < 1.29 is 13.2 Å². The standard InChI is InChI=1S/C14H14ClNO3S/c1-19-14-6-5-10(7-13(14)16)9-20(17,18)12-4-2-3-11(15)8-12/h2-8H,9,16H2,1H3. The molecule has 0 aliphatic rings. The average Bonchev–Trinajstić information content (AvgIpc) is 2.38. The van der Waals surface area contributed by atoms with Crippen molar-refractivity contribution in [2.24, 2.45) is 0 Å². The molecule has 0 bridgehead atoms. The minimum absolute atomic E-state index is 0.137. The number of sulfone groups is 1. The van der Waals surface area contributed by atoms with Crippen molar-refractivity contribution in [3.05, 3.63) is 53.1 Å². The molecule has 0 saturated heterocycles. The lowest BCUT2D eigenvalue weighted by molar-refractivity contribution is 0.417.